The minimum Gasteiger partial charge on any atom is -0.353 e. The molecule has 2 amide bonds. The average molecular weight is 362 g/mol. The Hall–Kier alpha value is -1.91. The standard InChI is InChI=1S/C21H31FN2O2/c1-15(2)5-4-6-16(3)23-21(26)18-13-20(25)24(14-18)12-11-17-7-9-19(22)10-8-17/h7-10,15-16,18H,4-6,11-14H2,1-3H3,(H,23,26)/t16-,18+/m1/s1. The van der Waals surface area contributed by atoms with Gasteiger partial charge in [-0.25, -0.2) is 4.39 Å². The molecule has 1 aliphatic rings. The Morgan fingerprint density at radius 1 is 1.23 bits per heavy atom. The van der Waals surface area contributed by atoms with E-state index in [-0.39, 0.29) is 36.0 Å². The molecular formula is C21H31FN2O2. The topological polar surface area (TPSA) is 49.4 Å². The number of hydrogen-bond acceptors (Lipinski definition) is 2. The van der Waals surface area contributed by atoms with E-state index in [1.54, 1.807) is 17.0 Å². The van der Waals surface area contributed by atoms with Crippen LogP contribution in [0.1, 0.15) is 52.0 Å². The van der Waals surface area contributed by atoms with E-state index in [0.717, 1.165) is 18.4 Å². The molecular weight excluding hydrogens is 331 g/mol. The largest absolute Gasteiger partial charge is 0.353 e. The average Bonchev–Trinajstić information content (AvgIpc) is 2.95. The molecule has 0 saturated carbocycles. The third-order valence-electron chi connectivity index (χ3n) is 4.98. The minimum atomic E-state index is -0.261. The number of hydrogen-bond donors (Lipinski definition) is 1. The van der Waals surface area contributed by atoms with Crippen molar-refractivity contribution in [2.45, 2.75) is 58.9 Å². The van der Waals surface area contributed by atoms with Gasteiger partial charge in [0.1, 0.15) is 5.82 Å². The zero-order valence-corrected chi connectivity index (χ0v) is 16.1. The number of halogens is 1. The van der Waals surface area contributed by atoms with Gasteiger partial charge in [-0.15, -0.1) is 0 Å². The van der Waals surface area contributed by atoms with Crippen molar-refractivity contribution in [1.29, 1.82) is 0 Å². The highest BCUT2D eigenvalue weighted by atomic mass is 19.1. The molecule has 26 heavy (non-hydrogen) atoms. The van der Waals surface area contributed by atoms with Gasteiger partial charge < -0.3 is 10.2 Å². The summed E-state index contributed by atoms with van der Waals surface area (Å²) in [5.74, 6) is 0.174. The van der Waals surface area contributed by atoms with Crippen molar-refractivity contribution in [2.24, 2.45) is 11.8 Å². The maximum absolute atomic E-state index is 12.9. The Balaban J connectivity index is 1.75. The lowest BCUT2D eigenvalue weighted by atomic mass is 10.0. The van der Waals surface area contributed by atoms with Gasteiger partial charge in [-0.1, -0.05) is 38.8 Å². The fourth-order valence-electron chi connectivity index (χ4n) is 3.34. The van der Waals surface area contributed by atoms with Crippen molar-refractivity contribution in [2.75, 3.05) is 13.1 Å². The van der Waals surface area contributed by atoms with Gasteiger partial charge in [-0.2, -0.15) is 0 Å². The summed E-state index contributed by atoms with van der Waals surface area (Å²) in [4.78, 5) is 26.4. The van der Waals surface area contributed by atoms with Crippen LogP contribution in [0.25, 0.3) is 0 Å². The van der Waals surface area contributed by atoms with Gasteiger partial charge in [0.05, 0.1) is 5.92 Å². The first-order valence-corrected chi connectivity index (χ1v) is 9.67. The molecule has 2 atom stereocenters. The fraction of sp³-hybridized carbons (Fsp3) is 0.619. The first-order chi connectivity index (χ1) is 12.3. The van der Waals surface area contributed by atoms with Crippen molar-refractivity contribution in [3.8, 4) is 0 Å². The third-order valence-corrected chi connectivity index (χ3v) is 4.98. The van der Waals surface area contributed by atoms with E-state index >= 15 is 0 Å². The van der Waals surface area contributed by atoms with Crippen molar-refractivity contribution in [3.63, 3.8) is 0 Å². The smallest absolute Gasteiger partial charge is 0.225 e. The van der Waals surface area contributed by atoms with E-state index in [2.05, 4.69) is 19.2 Å². The van der Waals surface area contributed by atoms with Gasteiger partial charge in [0.15, 0.2) is 0 Å². The zero-order chi connectivity index (χ0) is 19.1. The van der Waals surface area contributed by atoms with E-state index in [0.29, 0.717) is 25.4 Å². The lowest BCUT2D eigenvalue weighted by Gasteiger charge is -2.19. The Kier molecular flexibility index (Phi) is 7.61. The van der Waals surface area contributed by atoms with Crippen LogP contribution >= 0.6 is 0 Å². The number of carbonyl (C=O) groups excluding carboxylic acids is 2. The summed E-state index contributed by atoms with van der Waals surface area (Å²) in [5, 5.41) is 3.06. The predicted molar refractivity (Wildman–Crippen MR) is 101 cm³/mol. The first kappa shape index (κ1) is 20.4. The van der Waals surface area contributed by atoms with Crippen LogP contribution in [-0.4, -0.2) is 35.8 Å². The van der Waals surface area contributed by atoms with E-state index < -0.39 is 0 Å². The quantitative estimate of drug-likeness (QED) is 0.730. The Labute approximate surface area is 156 Å². The second kappa shape index (κ2) is 9.70. The molecule has 1 aliphatic heterocycles. The second-order valence-corrected chi connectivity index (χ2v) is 7.85. The molecule has 4 nitrogen and oxygen atoms in total. The highest BCUT2D eigenvalue weighted by molar-refractivity contribution is 5.89. The molecule has 1 aromatic rings. The Bertz CT molecular complexity index is 601. The summed E-state index contributed by atoms with van der Waals surface area (Å²) in [6, 6.07) is 6.47. The minimum absolute atomic E-state index is 0.0142. The van der Waals surface area contributed by atoms with Gasteiger partial charge in [0.25, 0.3) is 0 Å². The third kappa shape index (κ3) is 6.43. The van der Waals surface area contributed by atoms with Crippen LogP contribution in [0.3, 0.4) is 0 Å². The maximum atomic E-state index is 12.9. The van der Waals surface area contributed by atoms with Crippen molar-refractivity contribution < 1.29 is 14.0 Å². The normalized spacial score (nSPS) is 18.4. The fourth-order valence-corrected chi connectivity index (χ4v) is 3.34. The van der Waals surface area contributed by atoms with Crippen LogP contribution in [0.4, 0.5) is 4.39 Å². The summed E-state index contributed by atoms with van der Waals surface area (Å²) < 4.78 is 12.9. The molecule has 0 spiro atoms. The summed E-state index contributed by atoms with van der Waals surface area (Å²) in [7, 11) is 0. The first-order valence-electron chi connectivity index (χ1n) is 9.67. The predicted octanol–water partition coefficient (Wildman–Crippen LogP) is 3.55. The van der Waals surface area contributed by atoms with Crippen molar-refractivity contribution in [1.82, 2.24) is 10.2 Å². The molecule has 0 aromatic heterocycles. The summed E-state index contributed by atoms with van der Waals surface area (Å²) >= 11 is 0. The number of amides is 2. The lowest BCUT2D eigenvalue weighted by molar-refractivity contribution is -0.129. The molecule has 0 bridgehead atoms. The molecule has 1 fully saturated rings. The molecule has 0 unspecified atom stereocenters. The highest BCUT2D eigenvalue weighted by Crippen LogP contribution is 2.19. The molecule has 144 valence electrons. The SMILES string of the molecule is CC(C)CCC[C@@H](C)NC(=O)[C@H]1CC(=O)N(CCc2ccc(F)cc2)C1. The van der Waals surface area contributed by atoms with Crippen LogP contribution in [0.5, 0.6) is 0 Å². The van der Waals surface area contributed by atoms with Crippen LogP contribution in [-0.2, 0) is 16.0 Å². The maximum Gasteiger partial charge on any atom is 0.225 e. The molecule has 1 aromatic carbocycles. The van der Waals surface area contributed by atoms with Crippen LogP contribution in [0, 0.1) is 17.7 Å². The number of carbonyl (C=O) groups is 2. The van der Waals surface area contributed by atoms with E-state index in [1.165, 1.54) is 18.6 Å². The van der Waals surface area contributed by atoms with Gasteiger partial charge in [0.2, 0.25) is 11.8 Å². The molecule has 2 rings (SSSR count). The summed E-state index contributed by atoms with van der Waals surface area (Å²) in [6.07, 6.45) is 4.20. The van der Waals surface area contributed by atoms with Crippen LogP contribution < -0.4 is 5.32 Å². The van der Waals surface area contributed by atoms with Gasteiger partial charge >= 0.3 is 0 Å². The Morgan fingerprint density at radius 2 is 1.92 bits per heavy atom. The molecule has 5 heteroatoms. The van der Waals surface area contributed by atoms with Crippen molar-refractivity contribution in [3.05, 3.63) is 35.6 Å². The molecule has 1 N–H and O–H groups in total. The number of benzene rings is 1. The number of nitrogens with one attached hydrogen (secondary N) is 1. The molecule has 1 saturated heterocycles. The monoisotopic (exact) mass is 362 g/mol. The van der Waals surface area contributed by atoms with Crippen LogP contribution in [0.2, 0.25) is 0 Å². The van der Waals surface area contributed by atoms with Gasteiger partial charge in [0, 0.05) is 25.6 Å². The van der Waals surface area contributed by atoms with Crippen LogP contribution in [0.15, 0.2) is 24.3 Å². The number of nitrogens with zero attached hydrogens (tertiary/aromatic N) is 1. The molecule has 0 radical (unpaired) electrons. The van der Waals surface area contributed by atoms with Gasteiger partial charge in [-0.3, -0.25) is 9.59 Å². The summed E-state index contributed by atoms with van der Waals surface area (Å²) in [6.45, 7) is 7.48. The number of rotatable bonds is 9. The van der Waals surface area contributed by atoms with E-state index in [1.807, 2.05) is 6.92 Å². The second-order valence-electron chi connectivity index (χ2n) is 7.85. The lowest BCUT2D eigenvalue weighted by Crippen LogP contribution is -2.38. The van der Waals surface area contributed by atoms with E-state index in [4.69, 9.17) is 0 Å². The van der Waals surface area contributed by atoms with E-state index in [9.17, 15) is 14.0 Å². The summed E-state index contributed by atoms with van der Waals surface area (Å²) in [5.41, 5.74) is 0.992. The number of likely N-dealkylation sites (tertiary alicyclic amines) is 1. The zero-order valence-electron chi connectivity index (χ0n) is 16.1. The molecule has 1 heterocycles. The van der Waals surface area contributed by atoms with Crippen molar-refractivity contribution >= 4 is 11.8 Å². The molecule has 0 aliphatic carbocycles. The Morgan fingerprint density at radius 3 is 2.58 bits per heavy atom. The van der Waals surface area contributed by atoms with Gasteiger partial charge in [-0.05, 0) is 43.4 Å². The highest BCUT2D eigenvalue weighted by Gasteiger charge is 2.34.